The van der Waals surface area contributed by atoms with Crippen molar-refractivity contribution in [1.82, 2.24) is 9.97 Å². The zero-order valence-electron chi connectivity index (χ0n) is 13.3. The highest BCUT2D eigenvalue weighted by atomic mass is 14.8. The summed E-state index contributed by atoms with van der Waals surface area (Å²) in [5, 5.41) is 1.05. The summed E-state index contributed by atoms with van der Waals surface area (Å²) < 4.78 is 0. The van der Waals surface area contributed by atoms with E-state index in [1.54, 1.807) is 6.20 Å². The molecule has 0 unspecified atom stereocenters. The monoisotopic (exact) mass is 312 g/mol. The number of nitrogens with zero attached hydrogens (tertiary/aromatic N) is 2. The van der Waals surface area contributed by atoms with Gasteiger partial charge in [-0.3, -0.25) is 0 Å². The van der Waals surface area contributed by atoms with Gasteiger partial charge in [-0.15, -0.1) is 0 Å². The van der Waals surface area contributed by atoms with Crippen molar-refractivity contribution in [3.05, 3.63) is 84.6 Å². The predicted molar refractivity (Wildman–Crippen MR) is 97.0 cm³/mol. The Bertz CT molecular complexity index is 977. The van der Waals surface area contributed by atoms with E-state index in [2.05, 4.69) is 71.4 Å². The molecule has 0 fully saturated rings. The smallest absolute Gasteiger partial charge is 0.159 e. The van der Waals surface area contributed by atoms with Gasteiger partial charge in [0, 0.05) is 28.3 Å². The molecule has 24 heavy (non-hydrogen) atoms. The lowest BCUT2D eigenvalue weighted by Crippen LogP contribution is -2.47. The first-order valence-electron chi connectivity index (χ1n) is 8.05. The van der Waals surface area contributed by atoms with Crippen LogP contribution in [-0.2, 0) is 6.54 Å². The number of quaternary nitrogens is 1. The molecule has 3 nitrogen and oxygen atoms in total. The van der Waals surface area contributed by atoms with Crippen molar-refractivity contribution in [2.75, 3.05) is 0 Å². The molecule has 2 aromatic carbocycles. The lowest BCUT2D eigenvalue weighted by Gasteiger charge is -2.11. The normalized spacial score (nSPS) is 10.9. The number of benzene rings is 2. The molecule has 116 valence electrons. The molecule has 3 N–H and O–H groups in total. The van der Waals surface area contributed by atoms with Crippen LogP contribution in [0.1, 0.15) is 5.56 Å². The molecular weight excluding hydrogens is 294 g/mol. The highest BCUT2D eigenvalue weighted by Crippen LogP contribution is 2.32. The fraction of sp³-hybridized carbons (Fsp3) is 0.0476. The summed E-state index contributed by atoms with van der Waals surface area (Å²) in [5.41, 5.74) is 10.3. The van der Waals surface area contributed by atoms with Gasteiger partial charge >= 0.3 is 0 Å². The topological polar surface area (TPSA) is 53.4 Å². The molecule has 2 aromatic heterocycles. The largest absolute Gasteiger partial charge is 0.354 e. The van der Waals surface area contributed by atoms with Crippen LogP contribution in [0.25, 0.3) is 33.4 Å². The molecule has 3 heteroatoms. The van der Waals surface area contributed by atoms with Gasteiger partial charge in [-0.2, -0.15) is 0 Å². The average Bonchev–Trinajstić information content (AvgIpc) is 2.68. The van der Waals surface area contributed by atoms with Crippen molar-refractivity contribution in [2.45, 2.75) is 6.54 Å². The van der Waals surface area contributed by atoms with Crippen LogP contribution in [0.15, 0.2) is 79.0 Å². The quantitative estimate of drug-likeness (QED) is 0.627. The second kappa shape index (κ2) is 6.22. The van der Waals surface area contributed by atoms with Crippen molar-refractivity contribution in [3.8, 4) is 22.4 Å². The van der Waals surface area contributed by atoms with Gasteiger partial charge in [-0.05, 0) is 23.8 Å². The third-order valence-electron chi connectivity index (χ3n) is 4.19. The van der Waals surface area contributed by atoms with Crippen LogP contribution in [0, 0.1) is 0 Å². The Morgan fingerprint density at radius 1 is 0.792 bits per heavy atom. The van der Waals surface area contributed by atoms with E-state index in [4.69, 9.17) is 4.98 Å². The second-order valence-corrected chi connectivity index (χ2v) is 5.75. The Balaban J connectivity index is 1.97. The van der Waals surface area contributed by atoms with Crippen LogP contribution >= 0.6 is 0 Å². The van der Waals surface area contributed by atoms with Crippen molar-refractivity contribution in [2.24, 2.45) is 0 Å². The first kappa shape index (κ1) is 14.5. The molecule has 0 saturated heterocycles. The first-order chi connectivity index (χ1) is 11.8. The fourth-order valence-electron chi connectivity index (χ4n) is 2.89. The number of pyridine rings is 2. The molecule has 0 amide bonds. The first-order valence-corrected chi connectivity index (χ1v) is 8.05. The van der Waals surface area contributed by atoms with Crippen LogP contribution in [0.3, 0.4) is 0 Å². The lowest BCUT2D eigenvalue weighted by molar-refractivity contribution is -0.386. The van der Waals surface area contributed by atoms with Gasteiger partial charge in [-0.25, -0.2) is 9.97 Å². The van der Waals surface area contributed by atoms with Gasteiger partial charge in [0.25, 0.3) is 0 Å². The van der Waals surface area contributed by atoms with Crippen molar-refractivity contribution in [1.29, 1.82) is 0 Å². The summed E-state index contributed by atoms with van der Waals surface area (Å²) in [5.74, 6) is 0. The molecule has 0 spiro atoms. The highest BCUT2D eigenvalue weighted by molar-refractivity contribution is 5.90. The molecule has 0 aliphatic carbocycles. The number of hydrogen-bond donors (Lipinski definition) is 1. The summed E-state index contributed by atoms with van der Waals surface area (Å²) in [6.45, 7) is 0.790. The SMILES string of the molecule is [NH3+]Cc1ccc(-c2nc3ncccc3cc2-c2ccccc2)cc1. The third kappa shape index (κ3) is 2.66. The van der Waals surface area contributed by atoms with Crippen molar-refractivity contribution in [3.63, 3.8) is 0 Å². The van der Waals surface area contributed by atoms with Gasteiger partial charge < -0.3 is 5.73 Å². The van der Waals surface area contributed by atoms with Crippen molar-refractivity contribution >= 4 is 11.0 Å². The second-order valence-electron chi connectivity index (χ2n) is 5.75. The van der Waals surface area contributed by atoms with E-state index >= 15 is 0 Å². The minimum Gasteiger partial charge on any atom is -0.354 e. The Morgan fingerprint density at radius 3 is 2.33 bits per heavy atom. The van der Waals surface area contributed by atoms with Crippen molar-refractivity contribution < 1.29 is 5.73 Å². The molecule has 4 aromatic rings. The molecule has 0 radical (unpaired) electrons. The van der Waals surface area contributed by atoms with E-state index in [0.717, 1.165) is 40.0 Å². The lowest BCUT2D eigenvalue weighted by atomic mass is 9.97. The minimum absolute atomic E-state index is 0.772. The third-order valence-corrected chi connectivity index (χ3v) is 4.19. The molecule has 0 aliphatic rings. The zero-order chi connectivity index (χ0) is 16.4. The van der Waals surface area contributed by atoms with E-state index in [0.29, 0.717) is 0 Å². The maximum absolute atomic E-state index is 4.85. The van der Waals surface area contributed by atoms with Crippen LogP contribution in [0.5, 0.6) is 0 Å². The maximum Gasteiger partial charge on any atom is 0.159 e. The minimum atomic E-state index is 0.772. The van der Waals surface area contributed by atoms with E-state index in [-0.39, 0.29) is 0 Å². The Labute approximate surface area is 140 Å². The highest BCUT2D eigenvalue weighted by Gasteiger charge is 2.11. The van der Waals surface area contributed by atoms with Crippen LogP contribution in [-0.4, -0.2) is 9.97 Å². The predicted octanol–water partition coefficient (Wildman–Crippen LogP) is 3.71. The molecular formula is C21H18N3+. The molecule has 0 bridgehead atoms. The average molecular weight is 312 g/mol. The van der Waals surface area contributed by atoms with E-state index in [1.807, 2.05) is 12.1 Å². The molecule has 0 atom stereocenters. The van der Waals surface area contributed by atoms with Crippen LogP contribution < -0.4 is 5.73 Å². The summed E-state index contributed by atoms with van der Waals surface area (Å²) >= 11 is 0. The Morgan fingerprint density at radius 2 is 1.58 bits per heavy atom. The maximum atomic E-state index is 4.85. The Hall–Kier alpha value is -3.04. The summed E-state index contributed by atoms with van der Waals surface area (Å²) in [6.07, 6.45) is 1.78. The van der Waals surface area contributed by atoms with E-state index in [9.17, 15) is 0 Å². The molecule has 2 heterocycles. The number of rotatable bonds is 3. The molecule has 0 aliphatic heterocycles. The van der Waals surface area contributed by atoms with Gasteiger partial charge in [0.15, 0.2) is 5.65 Å². The molecule has 0 saturated carbocycles. The van der Waals surface area contributed by atoms with Gasteiger partial charge in [0.1, 0.15) is 0 Å². The summed E-state index contributed by atoms with van der Waals surface area (Å²) in [4.78, 5) is 9.27. The Kier molecular flexibility index (Phi) is 3.77. The number of hydrogen-bond acceptors (Lipinski definition) is 2. The van der Waals surface area contributed by atoms with Crippen LogP contribution in [0.4, 0.5) is 0 Å². The summed E-state index contributed by atoms with van der Waals surface area (Å²) in [7, 11) is 0. The standard InChI is InChI=1S/C21H17N3/c22-14-15-8-10-17(11-9-15)20-19(16-5-2-1-3-6-16)13-18-7-4-12-23-21(18)24-20/h1-13H,14,22H2/p+1. The van der Waals surface area contributed by atoms with E-state index < -0.39 is 0 Å². The number of fused-ring (bicyclic) bond motifs is 1. The fourth-order valence-corrected chi connectivity index (χ4v) is 2.89. The number of aromatic nitrogens is 2. The zero-order valence-corrected chi connectivity index (χ0v) is 13.3. The van der Waals surface area contributed by atoms with Crippen LogP contribution in [0.2, 0.25) is 0 Å². The molecule has 4 rings (SSSR count). The van der Waals surface area contributed by atoms with Gasteiger partial charge in [-0.1, -0.05) is 54.6 Å². The van der Waals surface area contributed by atoms with E-state index in [1.165, 1.54) is 5.56 Å². The summed E-state index contributed by atoms with van der Waals surface area (Å²) in [6, 6.07) is 25.0. The van der Waals surface area contributed by atoms with Gasteiger partial charge in [0.05, 0.1) is 12.2 Å². The van der Waals surface area contributed by atoms with Gasteiger partial charge in [0.2, 0.25) is 0 Å².